The Morgan fingerprint density at radius 3 is 2.71 bits per heavy atom. The summed E-state index contributed by atoms with van der Waals surface area (Å²) < 4.78 is 0. The summed E-state index contributed by atoms with van der Waals surface area (Å²) >= 11 is 0. The number of amides is 1. The van der Waals surface area contributed by atoms with Gasteiger partial charge < -0.3 is 9.74 Å². The number of carbonyl (C=O) groups is 1. The van der Waals surface area contributed by atoms with Crippen molar-refractivity contribution in [3.05, 3.63) is 0 Å². The molecule has 0 spiro atoms. The Kier molecular flexibility index (Phi) is 1.10. The quantitative estimate of drug-likeness (QED) is 0.582. The SMILES string of the molecule is O=CN1C[C@@H]2[C@H](C1)[C@@H]2C1=NO[C@H]2C[C@@H]12. The Morgan fingerprint density at radius 2 is 2.21 bits per heavy atom. The Morgan fingerprint density at radius 1 is 1.43 bits per heavy atom. The van der Waals surface area contributed by atoms with Gasteiger partial charge in [-0.25, -0.2) is 0 Å². The van der Waals surface area contributed by atoms with E-state index in [-0.39, 0.29) is 0 Å². The fraction of sp³-hybridized carbons (Fsp3) is 0.800. The van der Waals surface area contributed by atoms with E-state index >= 15 is 0 Å². The summed E-state index contributed by atoms with van der Waals surface area (Å²) in [4.78, 5) is 17.7. The molecule has 1 amide bonds. The summed E-state index contributed by atoms with van der Waals surface area (Å²) in [6, 6.07) is 0. The maximum absolute atomic E-state index is 10.5. The predicted molar refractivity (Wildman–Crippen MR) is 48.5 cm³/mol. The second-order valence-electron chi connectivity index (χ2n) is 4.92. The summed E-state index contributed by atoms with van der Waals surface area (Å²) in [7, 11) is 0. The molecule has 1 saturated heterocycles. The largest absolute Gasteiger partial charge is 0.392 e. The van der Waals surface area contributed by atoms with Gasteiger partial charge in [0, 0.05) is 24.9 Å². The van der Waals surface area contributed by atoms with Crippen LogP contribution in [0.3, 0.4) is 0 Å². The highest BCUT2D eigenvalue weighted by Gasteiger charge is 2.64. The van der Waals surface area contributed by atoms with Crippen LogP contribution in [-0.4, -0.2) is 36.2 Å². The molecule has 2 heterocycles. The number of rotatable bonds is 2. The topological polar surface area (TPSA) is 41.9 Å². The zero-order chi connectivity index (χ0) is 9.28. The molecule has 14 heavy (non-hydrogen) atoms. The number of nitrogens with zero attached hydrogens (tertiary/aromatic N) is 2. The van der Waals surface area contributed by atoms with Crippen LogP contribution in [0.1, 0.15) is 6.42 Å². The highest BCUT2D eigenvalue weighted by molar-refractivity contribution is 5.95. The molecule has 5 atom stereocenters. The van der Waals surface area contributed by atoms with Gasteiger partial charge in [0.05, 0.1) is 5.71 Å². The van der Waals surface area contributed by atoms with Gasteiger partial charge in [-0.1, -0.05) is 5.16 Å². The second-order valence-corrected chi connectivity index (χ2v) is 4.92. The van der Waals surface area contributed by atoms with Crippen LogP contribution in [0.5, 0.6) is 0 Å². The molecule has 0 radical (unpaired) electrons. The molecule has 0 aromatic rings. The van der Waals surface area contributed by atoms with Crippen molar-refractivity contribution in [3.8, 4) is 0 Å². The Hall–Kier alpha value is -1.06. The van der Waals surface area contributed by atoms with E-state index in [1.807, 2.05) is 4.90 Å². The molecule has 0 bridgehead atoms. The zero-order valence-electron chi connectivity index (χ0n) is 7.80. The monoisotopic (exact) mass is 192 g/mol. The molecular formula is C10H12N2O2. The molecule has 0 unspecified atom stereocenters. The average Bonchev–Trinajstić information content (AvgIpc) is 3.03. The lowest BCUT2D eigenvalue weighted by molar-refractivity contribution is -0.117. The summed E-state index contributed by atoms with van der Waals surface area (Å²) in [6.45, 7) is 1.88. The molecule has 2 aliphatic carbocycles. The molecule has 2 saturated carbocycles. The van der Waals surface area contributed by atoms with Gasteiger partial charge in [-0.05, 0) is 18.3 Å². The molecule has 4 aliphatic rings. The first-order valence-corrected chi connectivity index (χ1v) is 5.31. The summed E-state index contributed by atoms with van der Waals surface area (Å²) in [5.41, 5.74) is 1.32. The molecule has 2 aliphatic heterocycles. The van der Waals surface area contributed by atoms with Gasteiger partial charge in [0.1, 0.15) is 6.10 Å². The number of carbonyl (C=O) groups excluding carboxylic acids is 1. The Balaban J connectivity index is 1.50. The summed E-state index contributed by atoms with van der Waals surface area (Å²) in [6.07, 6.45) is 2.58. The first-order valence-electron chi connectivity index (χ1n) is 5.31. The van der Waals surface area contributed by atoms with E-state index in [1.54, 1.807) is 0 Å². The van der Waals surface area contributed by atoms with Crippen molar-refractivity contribution in [3.63, 3.8) is 0 Å². The minimum atomic E-state index is 0.425. The van der Waals surface area contributed by atoms with E-state index in [0.717, 1.165) is 19.5 Å². The lowest BCUT2D eigenvalue weighted by Crippen LogP contribution is -2.25. The highest BCUT2D eigenvalue weighted by atomic mass is 16.7. The molecule has 0 N–H and O–H groups in total. The average molecular weight is 192 g/mol. The smallest absolute Gasteiger partial charge is 0.209 e. The van der Waals surface area contributed by atoms with E-state index < -0.39 is 0 Å². The van der Waals surface area contributed by atoms with Crippen molar-refractivity contribution in [2.45, 2.75) is 12.5 Å². The van der Waals surface area contributed by atoms with Gasteiger partial charge in [-0.2, -0.15) is 0 Å². The Bertz CT molecular complexity index is 329. The third kappa shape index (κ3) is 0.751. The van der Waals surface area contributed by atoms with Crippen LogP contribution < -0.4 is 0 Å². The zero-order valence-corrected chi connectivity index (χ0v) is 7.80. The van der Waals surface area contributed by atoms with E-state index in [9.17, 15) is 4.79 Å². The minimum absolute atomic E-state index is 0.425. The number of piperidine rings is 1. The van der Waals surface area contributed by atoms with Crippen LogP contribution in [0, 0.1) is 23.7 Å². The maximum Gasteiger partial charge on any atom is 0.209 e. The second kappa shape index (κ2) is 2.12. The number of oxime groups is 1. The third-order valence-electron chi connectivity index (χ3n) is 4.12. The molecular weight excluding hydrogens is 180 g/mol. The van der Waals surface area contributed by atoms with Crippen LogP contribution in [0.25, 0.3) is 0 Å². The molecule has 74 valence electrons. The molecule has 4 heteroatoms. The fourth-order valence-electron chi connectivity index (χ4n) is 3.19. The number of likely N-dealkylation sites (tertiary alicyclic amines) is 1. The van der Waals surface area contributed by atoms with Gasteiger partial charge in [0.2, 0.25) is 6.41 Å². The van der Waals surface area contributed by atoms with Crippen molar-refractivity contribution < 1.29 is 9.63 Å². The number of hydrogen-bond donors (Lipinski definition) is 0. The first kappa shape index (κ1) is 7.26. The third-order valence-corrected chi connectivity index (χ3v) is 4.12. The molecule has 0 aromatic carbocycles. The molecule has 0 aromatic heterocycles. The molecule has 4 nitrogen and oxygen atoms in total. The van der Waals surface area contributed by atoms with Crippen LogP contribution in [-0.2, 0) is 9.63 Å². The van der Waals surface area contributed by atoms with Gasteiger partial charge in [-0.3, -0.25) is 4.79 Å². The van der Waals surface area contributed by atoms with Crippen molar-refractivity contribution in [2.24, 2.45) is 28.8 Å². The van der Waals surface area contributed by atoms with Gasteiger partial charge >= 0.3 is 0 Å². The Labute approximate surface area is 81.9 Å². The fourth-order valence-corrected chi connectivity index (χ4v) is 3.19. The standard InChI is InChI=1S/C10H12N2O2/c13-4-12-2-6-7(3-12)9(6)10-5-1-8(5)14-11-10/h4-9H,1-3H2/t5-,6-,7+,8+,9-/m1/s1. The van der Waals surface area contributed by atoms with E-state index in [0.29, 0.717) is 29.8 Å². The van der Waals surface area contributed by atoms with Crippen LogP contribution in [0.15, 0.2) is 5.16 Å². The number of fused-ring (bicyclic) bond motifs is 2. The number of hydrogen-bond acceptors (Lipinski definition) is 3. The highest BCUT2D eigenvalue weighted by Crippen LogP contribution is 2.57. The van der Waals surface area contributed by atoms with Crippen LogP contribution >= 0.6 is 0 Å². The van der Waals surface area contributed by atoms with Crippen molar-refractivity contribution >= 4 is 12.1 Å². The lowest BCUT2D eigenvalue weighted by Gasteiger charge is -2.13. The first-order chi connectivity index (χ1) is 6.88. The van der Waals surface area contributed by atoms with Gasteiger partial charge in [0.15, 0.2) is 0 Å². The van der Waals surface area contributed by atoms with E-state index in [2.05, 4.69) is 5.16 Å². The van der Waals surface area contributed by atoms with Crippen LogP contribution in [0.2, 0.25) is 0 Å². The van der Waals surface area contributed by atoms with Gasteiger partial charge in [0.25, 0.3) is 0 Å². The minimum Gasteiger partial charge on any atom is -0.392 e. The van der Waals surface area contributed by atoms with Crippen molar-refractivity contribution in [2.75, 3.05) is 13.1 Å². The molecule has 3 fully saturated rings. The summed E-state index contributed by atoms with van der Waals surface area (Å²) in [5, 5.41) is 4.17. The lowest BCUT2D eigenvalue weighted by atomic mass is 10.1. The molecule has 4 rings (SSSR count). The summed E-state index contributed by atoms with van der Waals surface area (Å²) in [5.74, 6) is 2.70. The maximum atomic E-state index is 10.5. The van der Waals surface area contributed by atoms with Gasteiger partial charge in [-0.15, -0.1) is 0 Å². The van der Waals surface area contributed by atoms with Crippen molar-refractivity contribution in [1.82, 2.24) is 4.90 Å². The van der Waals surface area contributed by atoms with Crippen LogP contribution in [0.4, 0.5) is 0 Å². The predicted octanol–water partition coefficient (Wildman–Crippen LogP) is 0.0953. The van der Waals surface area contributed by atoms with E-state index in [4.69, 9.17) is 4.84 Å². The normalized spacial score (nSPS) is 51.9. The van der Waals surface area contributed by atoms with Crippen molar-refractivity contribution in [1.29, 1.82) is 0 Å². The van der Waals surface area contributed by atoms with E-state index in [1.165, 1.54) is 12.1 Å².